The average molecular weight is 491 g/mol. The van der Waals surface area contributed by atoms with Crippen molar-refractivity contribution in [2.24, 2.45) is 5.92 Å². The largest absolute Gasteiger partial charge is 0.457 e. The molecule has 1 unspecified atom stereocenters. The zero-order chi connectivity index (χ0) is 25.0. The predicted molar refractivity (Wildman–Crippen MR) is 128 cm³/mol. The molecule has 34 heavy (non-hydrogen) atoms. The van der Waals surface area contributed by atoms with E-state index in [-0.39, 0.29) is 36.4 Å². The van der Waals surface area contributed by atoms with E-state index in [1.54, 1.807) is 31.4 Å². The second kappa shape index (κ2) is 10.8. The Morgan fingerprint density at radius 2 is 1.71 bits per heavy atom. The number of ether oxygens (including phenoxy) is 2. The molecule has 9 heteroatoms. The van der Waals surface area contributed by atoms with Gasteiger partial charge in [0.2, 0.25) is 15.8 Å². The van der Waals surface area contributed by atoms with E-state index < -0.39 is 21.9 Å². The molecule has 1 aliphatic rings. The van der Waals surface area contributed by atoms with E-state index in [4.69, 9.17) is 9.47 Å². The van der Waals surface area contributed by atoms with Crippen LogP contribution in [0.2, 0.25) is 0 Å². The van der Waals surface area contributed by atoms with Gasteiger partial charge in [-0.25, -0.2) is 8.42 Å². The number of aryl methyl sites for hydroxylation is 2. The number of hydrogen-bond donors (Lipinski definition) is 0. The number of ketones is 1. The molecule has 1 aromatic heterocycles. The standard InChI is InChI=1S/C25H34N2O6S/c1-17-6-8-22(9-7-17)34(30,31)26-12-10-21(11-13-26)25(29)33-16-24(28)23-14-18(2)27(20(23)4)19(3)15-32-5/h6-9,14,19,21H,10-13,15-16H2,1-5H3. The number of rotatable bonds is 9. The molecular weight excluding hydrogens is 456 g/mol. The number of Topliss-reactive ketones (excluding diaryl/α,β-unsaturated/α-hetero) is 1. The molecule has 1 saturated heterocycles. The highest BCUT2D eigenvalue weighted by Crippen LogP contribution is 2.25. The number of hydrogen-bond acceptors (Lipinski definition) is 6. The Morgan fingerprint density at radius 1 is 1.09 bits per heavy atom. The van der Waals surface area contributed by atoms with Crippen LogP contribution in [0.4, 0.5) is 0 Å². The van der Waals surface area contributed by atoms with Gasteiger partial charge in [-0.2, -0.15) is 4.31 Å². The van der Waals surface area contributed by atoms with Crippen LogP contribution in [0.1, 0.15) is 53.1 Å². The van der Waals surface area contributed by atoms with Crippen LogP contribution in [0, 0.1) is 26.7 Å². The highest BCUT2D eigenvalue weighted by molar-refractivity contribution is 7.89. The molecule has 0 radical (unpaired) electrons. The highest BCUT2D eigenvalue weighted by atomic mass is 32.2. The van der Waals surface area contributed by atoms with Gasteiger partial charge in [0.05, 0.1) is 23.5 Å². The number of methoxy groups -OCH3 is 1. The van der Waals surface area contributed by atoms with Crippen molar-refractivity contribution in [3.63, 3.8) is 0 Å². The van der Waals surface area contributed by atoms with Crippen molar-refractivity contribution >= 4 is 21.8 Å². The van der Waals surface area contributed by atoms with Gasteiger partial charge in [0.25, 0.3) is 0 Å². The van der Waals surface area contributed by atoms with Gasteiger partial charge in [0.1, 0.15) is 0 Å². The van der Waals surface area contributed by atoms with E-state index in [9.17, 15) is 18.0 Å². The summed E-state index contributed by atoms with van der Waals surface area (Å²) in [5.74, 6) is -1.13. The molecule has 0 saturated carbocycles. The van der Waals surface area contributed by atoms with E-state index in [0.29, 0.717) is 25.0 Å². The van der Waals surface area contributed by atoms with E-state index in [2.05, 4.69) is 0 Å². The molecule has 186 valence electrons. The summed E-state index contributed by atoms with van der Waals surface area (Å²) in [7, 11) is -1.95. The van der Waals surface area contributed by atoms with E-state index >= 15 is 0 Å². The Bertz CT molecular complexity index is 1130. The monoisotopic (exact) mass is 490 g/mol. The molecule has 3 rings (SSSR count). The first-order valence-corrected chi connectivity index (χ1v) is 12.9. The maximum atomic E-state index is 12.9. The van der Waals surface area contributed by atoms with E-state index in [1.807, 2.05) is 38.3 Å². The van der Waals surface area contributed by atoms with Crippen molar-refractivity contribution in [2.75, 3.05) is 33.4 Å². The molecule has 0 spiro atoms. The third kappa shape index (κ3) is 5.59. The molecule has 1 aromatic carbocycles. The fourth-order valence-corrected chi connectivity index (χ4v) is 6.05. The number of esters is 1. The number of sulfonamides is 1. The summed E-state index contributed by atoms with van der Waals surface area (Å²) < 4.78 is 39.7. The third-order valence-corrected chi connectivity index (χ3v) is 8.34. The van der Waals surface area contributed by atoms with E-state index in [1.165, 1.54) is 4.31 Å². The molecule has 2 aromatic rings. The lowest BCUT2D eigenvalue weighted by Crippen LogP contribution is -2.40. The first-order chi connectivity index (χ1) is 16.1. The minimum atomic E-state index is -3.59. The third-order valence-electron chi connectivity index (χ3n) is 6.42. The van der Waals surface area contributed by atoms with Crippen LogP contribution in [0.15, 0.2) is 35.2 Å². The van der Waals surface area contributed by atoms with Crippen LogP contribution in [-0.4, -0.2) is 62.5 Å². The minimum Gasteiger partial charge on any atom is -0.457 e. The maximum Gasteiger partial charge on any atom is 0.309 e. The van der Waals surface area contributed by atoms with Crippen LogP contribution >= 0.6 is 0 Å². The number of aromatic nitrogens is 1. The van der Waals surface area contributed by atoms with Crippen LogP contribution in [0.25, 0.3) is 0 Å². The fourth-order valence-electron chi connectivity index (χ4n) is 4.58. The number of benzene rings is 1. The molecule has 2 heterocycles. The second-order valence-electron chi connectivity index (χ2n) is 8.98. The second-order valence-corrected chi connectivity index (χ2v) is 10.9. The smallest absolute Gasteiger partial charge is 0.309 e. The van der Waals surface area contributed by atoms with Gasteiger partial charge in [-0.05, 0) is 58.7 Å². The number of carbonyl (C=O) groups excluding carboxylic acids is 2. The Morgan fingerprint density at radius 3 is 2.29 bits per heavy atom. The SMILES string of the molecule is COCC(C)n1c(C)cc(C(=O)COC(=O)C2CCN(S(=O)(=O)c3ccc(C)cc3)CC2)c1C. The van der Waals surface area contributed by atoms with Crippen LogP contribution < -0.4 is 0 Å². The molecule has 1 fully saturated rings. The first kappa shape index (κ1) is 26.1. The lowest BCUT2D eigenvalue weighted by molar-refractivity contribution is -0.148. The number of nitrogens with zero attached hydrogens (tertiary/aromatic N) is 2. The molecule has 8 nitrogen and oxygen atoms in total. The molecular formula is C25H34N2O6S. The van der Waals surface area contributed by atoms with Crippen molar-refractivity contribution in [1.82, 2.24) is 8.87 Å². The lowest BCUT2D eigenvalue weighted by atomic mass is 9.98. The molecule has 1 aliphatic heterocycles. The fraction of sp³-hybridized carbons (Fsp3) is 0.520. The molecule has 0 aliphatic carbocycles. The van der Waals surface area contributed by atoms with Crippen LogP contribution in [-0.2, 0) is 24.3 Å². The summed E-state index contributed by atoms with van der Waals surface area (Å²) in [6.07, 6.45) is 0.725. The topological polar surface area (TPSA) is 94.9 Å². The summed E-state index contributed by atoms with van der Waals surface area (Å²) >= 11 is 0. The Labute approximate surface area is 201 Å². The predicted octanol–water partition coefficient (Wildman–Crippen LogP) is 3.45. The van der Waals surface area contributed by atoms with Gasteiger partial charge in [0, 0.05) is 37.2 Å². The number of piperidine rings is 1. The van der Waals surface area contributed by atoms with Gasteiger partial charge >= 0.3 is 5.97 Å². The zero-order valence-electron chi connectivity index (χ0n) is 20.5. The van der Waals surface area contributed by atoms with Crippen molar-refractivity contribution in [2.45, 2.75) is 51.5 Å². The van der Waals surface area contributed by atoms with Crippen molar-refractivity contribution in [3.8, 4) is 0 Å². The zero-order valence-corrected chi connectivity index (χ0v) is 21.4. The van der Waals surface area contributed by atoms with Gasteiger partial charge in [-0.15, -0.1) is 0 Å². The quantitative estimate of drug-likeness (QED) is 0.395. The summed E-state index contributed by atoms with van der Waals surface area (Å²) in [4.78, 5) is 25.6. The van der Waals surface area contributed by atoms with Gasteiger partial charge in [-0.1, -0.05) is 17.7 Å². The summed E-state index contributed by atoms with van der Waals surface area (Å²) in [6, 6.07) is 8.63. The Balaban J connectivity index is 1.55. The molecule has 0 N–H and O–H groups in total. The van der Waals surface area contributed by atoms with Gasteiger partial charge in [-0.3, -0.25) is 9.59 Å². The van der Waals surface area contributed by atoms with Crippen LogP contribution in [0.5, 0.6) is 0 Å². The highest BCUT2D eigenvalue weighted by Gasteiger charge is 2.33. The van der Waals surface area contributed by atoms with Crippen molar-refractivity contribution in [3.05, 3.63) is 52.8 Å². The minimum absolute atomic E-state index is 0.0791. The Kier molecular flexibility index (Phi) is 8.33. The lowest BCUT2D eigenvalue weighted by Gasteiger charge is -2.30. The summed E-state index contributed by atoms with van der Waals surface area (Å²) in [5, 5.41) is 0. The average Bonchev–Trinajstić information content (AvgIpc) is 3.11. The summed E-state index contributed by atoms with van der Waals surface area (Å²) in [6.45, 7) is 8.39. The molecule has 0 bridgehead atoms. The van der Waals surface area contributed by atoms with Crippen molar-refractivity contribution < 1.29 is 27.5 Å². The van der Waals surface area contributed by atoms with Crippen LogP contribution in [0.3, 0.4) is 0 Å². The maximum absolute atomic E-state index is 12.9. The van der Waals surface area contributed by atoms with Gasteiger partial charge < -0.3 is 14.0 Å². The first-order valence-electron chi connectivity index (χ1n) is 11.5. The molecule has 1 atom stereocenters. The molecule has 0 amide bonds. The van der Waals surface area contributed by atoms with Crippen molar-refractivity contribution in [1.29, 1.82) is 0 Å². The normalized spacial score (nSPS) is 16.4. The van der Waals surface area contributed by atoms with E-state index in [0.717, 1.165) is 17.0 Å². The summed E-state index contributed by atoms with van der Waals surface area (Å²) in [5.41, 5.74) is 3.28. The van der Waals surface area contributed by atoms with Gasteiger partial charge in [0.15, 0.2) is 6.61 Å². The Hall–Kier alpha value is -2.49. The number of carbonyl (C=O) groups is 2.